The van der Waals surface area contributed by atoms with Crippen molar-refractivity contribution in [3.63, 3.8) is 0 Å². The normalized spacial score (nSPS) is 15.9. The maximum atomic E-state index is 3.51. The number of nitrogens with zero attached hydrogens (tertiary/aromatic N) is 1. The zero-order valence-electron chi connectivity index (χ0n) is 9.25. The molecule has 0 spiro atoms. The zero-order chi connectivity index (χ0) is 10.7. The molecule has 0 heterocycles. The third-order valence-corrected chi connectivity index (χ3v) is 3.43. The lowest BCUT2D eigenvalue weighted by Crippen LogP contribution is -2.23. The van der Waals surface area contributed by atoms with Crippen LogP contribution in [0.1, 0.15) is 18.4 Å². The van der Waals surface area contributed by atoms with E-state index in [-0.39, 0.29) is 0 Å². The van der Waals surface area contributed by atoms with Crippen LogP contribution in [0.4, 0.5) is 0 Å². The molecule has 1 nitrogen and oxygen atoms in total. The SMILES string of the molecule is CN(CCc1cccc(Br)c1)CC1CC1. The van der Waals surface area contributed by atoms with Crippen molar-refractivity contribution in [3.8, 4) is 0 Å². The van der Waals surface area contributed by atoms with Gasteiger partial charge in [0.15, 0.2) is 0 Å². The van der Waals surface area contributed by atoms with Gasteiger partial charge >= 0.3 is 0 Å². The molecular formula is C13H18BrN. The topological polar surface area (TPSA) is 3.24 Å². The molecule has 1 aliphatic carbocycles. The second kappa shape index (κ2) is 5.13. The van der Waals surface area contributed by atoms with Gasteiger partial charge in [0, 0.05) is 17.6 Å². The number of rotatable bonds is 5. The van der Waals surface area contributed by atoms with E-state index in [0.29, 0.717) is 0 Å². The van der Waals surface area contributed by atoms with Crippen molar-refractivity contribution in [2.45, 2.75) is 19.3 Å². The Labute approximate surface area is 101 Å². The van der Waals surface area contributed by atoms with Crippen molar-refractivity contribution in [1.82, 2.24) is 4.90 Å². The highest BCUT2D eigenvalue weighted by atomic mass is 79.9. The van der Waals surface area contributed by atoms with Crippen LogP contribution in [0.3, 0.4) is 0 Å². The molecule has 1 aromatic carbocycles. The minimum Gasteiger partial charge on any atom is -0.306 e. The minimum atomic E-state index is 0.998. The first-order valence-corrected chi connectivity index (χ1v) is 6.46. The lowest BCUT2D eigenvalue weighted by atomic mass is 10.1. The molecule has 0 aliphatic heterocycles. The number of likely N-dealkylation sites (N-methyl/N-ethyl adjacent to an activating group) is 1. The number of benzene rings is 1. The molecule has 0 atom stereocenters. The highest BCUT2D eigenvalue weighted by Crippen LogP contribution is 2.29. The van der Waals surface area contributed by atoms with Crippen LogP contribution >= 0.6 is 15.9 Å². The van der Waals surface area contributed by atoms with E-state index in [1.165, 1.54) is 36.0 Å². The monoisotopic (exact) mass is 267 g/mol. The first kappa shape index (κ1) is 11.2. The smallest absolute Gasteiger partial charge is 0.0178 e. The van der Waals surface area contributed by atoms with Gasteiger partial charge in [-0.05, 0) is 49.9 Å². The Hall–Kier alpha value is -0.340. The Balaban J connectivity index is 1.76. The van der Waals surface area contributed by atoms with Crippen molar-refractivity contribution >= 4 is 15.9 Å². The second-order valence-corrected chi connectivity index (χ2v) is 5.50. The molecule has 1 aliphatic rings. The molecule has 82 valence electrons. The van der Waals surface area contributed by atoms with Crippen LogP contribution in [-0.4, -0.2) is 25.0 Å². The molecule has 1 fully saturated rings. The fraction of sp³-hybridized carbons (Fsp3) is 0.538. The third kappa shape index (κ3) is 3.96. The van der Waals surface area contributed by atoms with Crippen LogP contribution in [0, 0.1) is 5.92 Å². The van der Waals surface area contributed by atoms with E-state index in [9.17, 15) is 0 Å². The Kier molecular flexibility index (Phi) is 3.81. The summed E-state index contributed by atoms with van der Waals surface area (Å²) in [5.41, 5.74) is 1.42. The van der Waals surface area contributed by atoms with Crippen molar-refractivity contribution < 1.29 is 0 Å². The predicted molar refractivity (Wildman–Crippen MR) is 68.1 cm³/mol. The van der Waals surface area contributed by atoms with E-state index in [1.54, 1.807) is 0 Å². The number of hydrogen-bond donors (Lipinski definition) is 0. The van der Waals surface area contributed by atoms with E-state index >= 15 is 0 Å². The molecule has 0 aromatic heterocycles. The molecule has 2 rings (SSSR count). The summed E-state index contributed by atoms with van der Waals surface area (Å²) in [6.45, 7) is 2.46. The van der Waals surface area contributed by atoms with Gasteiger partial charge < -0.3 is 4.90 Å². The molecule has 0 radical (unpaired) electrons. The molecule has 1 aromatic rings. The standard InChI is InChI=1S/C13H18BrN/c1-15(10-12-5-6-12)8-7-11-3-2-4-13(14)9-11/h2-4,9,12H,5-8,10H2,1H3. The van der Waals surface area contributed by atoms with Crippen LogP contribution in [0.15, 0.2) is 28.7 Å². The molecule has 1 saturated carbocycles. The second-order valence-electron chi connectivity index (χ2n) is 4.59. The van der Waals surface area contributed by atoms with E-state index in [4.69, 9.17) is 0 Å². The molecule has 0 bridgehead atoms. The molecular weight excluding hydrogens is 250 g/mol. The summed E-state index contributed by atoms with van der Waals surface area (Å²) < 4.78 is 1.19. The molecule has 0 amide bonds. The molecule has 0 N–H and O–H groups in total. The summed E-state index contributed by atoms with van der Waals surface area (Å²) in [6, 6.07) is 8.61. The van der Waals surface area contributed by atoms with Gasteiger partial charge in [0.05, 0.1) is 0 Å². The van der Waals surface area contributed by atoms with Gasteiger partial charge in [-0.15, -0.1) is 0 Å². The van der Waals surface area contributed by atoms with Crippen molar-refractivity contribution in [2.75, 3.05) is 20.1 Å². The van der Waals surface area contributed by atoms with E-state index < -0.39 is 0 Å². The van der Waals surface area contributed by atoms with E-state index in [1.807, 2.05) is 0 Å². The van der Waals surface area contributed by atoms with Gasteiger partial charge in [-0.1, -0.05) is 28.1 Å². The maximum Gasteiger partial charge on any atom is 0.0178 e. The lowest BCUT2D eigenvalue weighted by molar-refractivity contribution is 0.324. The summed E-state index contributed by atoms with van der Waals surface area (Å²) >= 11 is 3.51. The maximum absolute atomic E-state index is 3.51. The van der Waals surface area contributed by atoms with Crippen molar-refractivity contribution in [3.05, 3.63) is 34.3 Å². The summed E-state index contributed by atoms with van der Waals surface area (Å²) in [5, 5.41) is 0. The van der Waals surface area contributed by atoms with Gasteiger partial charge in [0.25, 0.3) is 0 Å². The lowest BCUT2D eigenvalue weighted by Gasteiger charge is -2.15. The Morgan fingerprint density at radius 3 is 2.87 bits per heavy atom. The minimum absolute atomic E-state index is 0.998. The highest BCUT2D eigenvalue weighted by Gasteiger charge is 2.22. The summed E-state index contributed by atoms with van der Waals surface area (Å²) in [4.78, 5) is 2.46. The Morgan fingerprint density at radius 2 is 2.20 bits per heavy atom. The molecule has 0 saturated heterocycles. The average molecular weight is 268 g/mol. The third-order valence-electron chi connectivity index (χ3n) is 2.94. The summed E-state index contributed by atoms with van der Waals surface area (Å²) in [7, 11) is 2.23. The van der Waals surface area contributed by atoms with Gasteiger partial charge in [0.2, 0.25) is 0 Å². The van der Waals surface area contributed by atoms with Crippen LogP contribution in [0.2, 0.25) is 0 Å². The molecule has 0 unspecified atom stereocenters. The van der Waals surface area contributed by atoms with Crippen LogP contribution < -0.4 is 0 Å². The van der Waals surface area contributed by atoms with Crippen LogP contribution in [0.5, 0.6) is 0 Å². The first-order chi connectivity index (χ1) is 7.24. The quantitative estimate of drug-likeness (QED) is 0.791. The first-order valence-electron chi connectivity index (χ1n) is 5.67. The van der Waals surface area contributed by atoms with E-state index in [2.05, 4.69) is 52.1 Å². The van der Waals surface area contributed by atoms with Gasteiger partial charge in [0.1, 0.15) is 0 Å². The average Bonchev–Trinajstić information content (AvgIpc) is 2.99. The van der Waals surface area contributed by atoms with Crippen LogP contribution in [0.25, 0.3) is 0 Å². The zero-order valence-corrected chi connectivity index (χ0v) is 10.8. The largest absolute Gasteiger partial charge is 0.306 e. The van der Waals surface area contributed by atoms with E-state index in [0.717, 1.165) is 12.3 Å². The molecule has 2 heteroatoms. The fourth-order valence-electron chi connectivity index (χ4n) is 1.84. The summed E-state index contributed by atoms with van der Waals surface area (Å²) in [5.74, 6) is 0.998. The highest BCUT2D eigenvalue weighted by molar-refractivity contribution is 9.10. The molecule has 15 heavy (non-hydrogen) atoms. The fourth-order valence-corrected chi connectivity index (χ4v) is 2.29. The van der Waals surface area contributed by atoms with Gasteiger partial charge in [-0.25, -0.2) is 0 Å². The summed E-state index contributed by atoms with van der Waals surface area (Å²) in [6.07, 6.45) is 4.05. The van der Waals surface area contributed by atoms with Crippen molar-refractivity contribution in [2.24, 2.45) is 5.92 Å². The number of hydrogen-bond acceptors (Lipinski definition) is 1. The Bertz CT molecular complexity index is 320. The number of halogens is 1. The Morgan fingerprint density at radius 1 is 1.40 bits per heavy atom. The predicted octanol–water partition coefficient (Wildman–Crippen LogP) is 3.33. The van der Waals surface area contributed by atoms with Crippen LogP contribution in [-0.2, 0) is 6.42 Å². The van der Waals surface area contributed by atoms with Crippen molar-refractivity contribution in [1.29, 1.82) is 0 Å². The van der Waals surface area contributed by atoms with Gasteiger partial charge in [-0.3, -0.25) is 0 Å². The van der Waals surface area contributed by atoms with Gasteiger partial charge in [-0.2, -0.15) is 0 Å².